The lowest BCUT2D eigenvalue weighted by Crippen LogP contribution is -2.32. The van der Waals surface area contributed by atoms with Crippen molar-refractivity contribution in [1.29, 1.82) is 0 Å². The number of benzene rings is 1. The van der Waals surface area contributed by atoms with Crippen LogP contribution in [0, 0.1) is 5.92 Å². The summed E-state index contributed by atoms with van der Waals surface area (Å²) in [6, 6.07) is 15.4. The van der Waals surface area contributed by atoms with Crippen molar-refractivity contribution < 1.29 is 54.6 Å². The predicted octanol–water partition coefficient (Wildman–Crippen LogP) is 7.25. The summed E-state index contributed by atoms with van der Waals surface area (Å²) in [4.78, 5) is 33.6. The Hall–Kier alpha value is -4.53. The number of rotatable bonds is 10. The molecule has 51 heavy (non-hydrogen) atoms. The minimum Gasteiger partial charge on any atom is -0.475 e. The van der Waals surface area contributed by atoms with Crippen LogP contribution in [0.1, 0.15) is 23.3 Å². The minimum absolute atomic E-state index is 0.372. The highest BCUT2D eigenvalue weighted by Crippen LogP contribution is 2.39. The first-order valence-corrected chi connectivity index (χ1v) is 17.8. The monoisotopic (exact) mass is 777 g/mol. The van der Waals surface area contributed by atoms with Crippen molar-refractivity contribution in [3.63, 3.8) is 0 Å². The van der Waals surface area contributed by atoms with E-state index in [0.717, 1.165) is 52.4 Å². The lowest BCUT2D eigenvalue weighted by molar-refractivity contribution is -0.193. The topological polar surface area (TPSA) is 157 Å². The van der Waals surface area contributed by atoms with Crippen molar-refractivity contribution in [1.82, 2.24) is 19.9 Å². The molecule has 4 heterocycles. The first-order valence-electron chi connectivity index (χ1n) is 14.7. The molecule has 0 amide bonds. The molecule has 0 atom stereocenters. The lowest BCUT2D eigenvalue weighted by Gasteiger charge is -2.24. The summed E-state index contributed by atoms with van der Waals surface area (Å²) in [5, 5.41) is 17.9. The molecule has 1 aliphatic rings. The maximum Gasteiger partial charge on any atom is 0.490 e. The number of hydrogen-bond donors (Lipinski definition) is 3. The summed E-state index contributed by atoms with van der Waals surface area (Å²) in [7, 11) is -1.55. The average Bonchev–Trinajstić information content (AvgIpc) is 3.41. The van der Waals surface area contributed by atoms with Crippen molar-refractivity contribution in [3.05, 3.63) is 82.9 Å². The average molecular weight is 778 g/mol. The van der Waals surface area contributed by atoms with Crippen molar-refractivity contribution in [2.45, 2.75) is 42.5 Å². The summed E-state index contributed by atoms with van der Waals surface area (Å²) < 4.78 is 92.7. The number of fused-ring (bicyclic) bond motifs is 1. The molecule has 4 aromatic heterocycles. The van der Waals surface area contributed by atoms with Gasteiger partial charge in [-0.15, -0.1) is 22.7 Å². The van der Waals surface area contributed by atoms with Gasteiger partial charge in [-0.2, -0.15) is 26.3 Å². The number of H-pyrrole nitrogens is 1. The normalized spacial score (nSPS) is 13.3. The highest BCUT2D eigenvalue weighted by molar-refractivity contribution is 7.94. The van der Waals surface area contributed by atoms with Crippen LogP contribution in [0.15, 0.2) is 76.7 Å². The molecular weight excluding hydrogens is 749 g/mol. The Labute approximate surface area is 294 Å². The predicted molar refractivity (Wildman–Crippen MR) is 178 cm³/mol. The molecule has 1 aromatic carbocycles. The van der Waals surface area contributed by atoms with Crippen LogP contribution in [0.4, 0.5) is 32.0 Å². The van der Waals surface area contributed by atoms with Crippen LogP contribution in [-0.2, 0) is 32.7 Å². The number of aromatic amines is 1. The number of para-hydroxylation sites is 1. The van der Waals surface area contributed by atoms with E-state index in [1.165, 1.54) is 16.9 Å². The molecule has 6 rings (SSSR count). The standard InChI is InChI=1S/C27H27N5O2S3.2C2HF3O2/c1-31(16-20-5-3-11-28-14-20)18-22-15-29-27(36-22)23-13-21-6-2-7-24(26(21)30-23)32(17-19-9-10-19)37(33,34)25-8-4-12-35-25;2*3-2(4,5)1(6)7/h2-8,11-15,19,30H,9-10,16-18H2,1H3;2*(H,6,7). The molecule has 1 saturated carbocycles. The number of alkyl halides is 6. The van der Waals surface area contributed by atoms with Gasteiger partial charge in [0, 0.05) is 48.5 Å². The quantitative estimate of drug-likeness (QED) is 0.124. The Bertz CT molecular complexity index is 2010. The zero-order valence-corrected chi connectivity index (χ0v) is 28.8. The molecule has 1 aliphatic carbocycles. The van der Waals surface area contributed by atoms with E-state index in [4.69, 9.17) is 19.8 Å². The molecule has 5 aromatic rings. The number of carboxylic acids is 2. The van der Waals surface area contributed by atoms with Gasteiger partial charge in [-0.05, 0) is 61.0 Å². The second-order valence-electron chi connectivity index (χ2n) is 11.1. The minimum atomic E-state index is -5.08. The van der Waals surface area contributed by atoms with Gasteiger partial charge < -0.3 is 15.2 Å². The van der Waals surface area contributed by atoms with E-state index >= 15 is 0 Å². The molecule has 11 nitrogen and oxygen atoms in total. The Morgan fingerprint density at radius 2 is 1.63 bits per heavy atom. The van der Waals surface area contributed by atoms with Gasteiger partial charge in [-0.1, -0.05) is 24.3 Å². The number of aliphatic carboxylic acids is 2. The summed E-state index contributed by atoms with van der Waals surface area (Å²) in [5.74, 6) is -5.11. The number of anilines is 1. The molecule has 0 unspecified atom stereocenters. The molecule has 0 spiro atoms. The van der Waals surface area contributed by atoms with Crippen LogP contribution >= 0.6 is 22.7 Å². The van der Waals surface area contributed by atoms with E-state index < -0.39 is 34.3 Å². The first kappa shape index (κ1) is 39.3. The SMILES string of the molecule is CN(Cc1cccnc1)Cc1cnc(-c2cc3cccc(N(CC4CC4)S(=O)(=O)c4cccs4)c3[nH]2)s1.O=C(O)C(F)(F)F.O=C(O)C(F)(F)F. The number of sulfonamides is 1. The van der Waals surface area contributed by atoms with Gasteiger partial charge in [-0.3, -0.25) is 14.2 Å². The van der Waals surface area contributed by atoms with Crippen molar-refractivity contribution in [2.24, 2.45) is 5.92 Å². The zero-order chi connectivity index (χ0) is 37.6. The zero-order valence-electron chi connectivity index (χ0n) is 26.3. The van der Waals surface area contributed by atoms with Crippen LogP contribution in [0.2, 0.25) is 0 Å². The van der Waals surface area contributed by atoms with Crippen LogP contribution in [-0.4, -0.2) is 76.4 Å². The van der Waals surface area contributed by atoms with Crippen molar-refractivity contribution in [2.75, 3.05) is 17.9 Å². The first-order chi connectivity index (χ1) is 23.9. The van der Waals surface area contributed by atoms with Crippen molar-refractivity contribution in [3.8, 4) is 10.7 Å². The number of hydrogen-bond acceptors (Lipinski definition) is 9. The number of carbonyl (C=O) groups is 2. The van der Waals surface area contributed by atoms with Gasteiger partial charge in [0.15, 0.2) is 0 Å². The summed E-state index contributed by atoms with van der Waals surface area (Å²) in [6.07, 6.45) is -2.43. The van der Waals surface area contributed by atoms with Gasteiger partial charge in [-0.25, -0.2) is 23.0 Å². The van der Waals surface area contributed by atoms with Crippen LogP contribution in [0.3, 0.4) is 0 Å². The van der Waals surface area contributed by atoms with E-state index in [0.29, 0.717) is 22.4 Å². The number of aromatic nitrogens is 3. The molecule has 0 bridgehead atoms. The molecule has 3 N–H and O–H groups in total. The number of carboxylic acid groups (broad SMARTS) is 2. The summed E-state index contributed by atoms with van der Waals surface area (Å²) >= 11 is 2.91. The molecule has 20 heteroatoms. The van der Waals surface area contributed by atoms with E-state index in [-0.39, 0.29) is 0 Å². The van der Waals surface area contributed by atoms with Crippen molar-refractivity contribution >= 4 is 61.2 Å². The van der Waals surface area contributed by atoms with Gasteiger partial charge in [0.2, 0.25) is 0 Å². The number of pyridine rings is 1. The second-order valence-corrected chi connectivity index (χ2v) is 15.3. The van der Waals surface area contributed by atoms with Gasteiger partial charge in [0.1, 0.15) is 9.22 Å². The smallest absolute Gasteiger partial charge is 0.475 e. The van der Waals surface area contributed by atoms with Gasteiger partial charge in [0.05, 0.1) is 16.9 Å². The Balaban J connectivity index is 0.000000353. The fourth-order valence-electron chi connectivity index (χ4n) is 4.47. The van der Waals surface area contributed by atoms with Crippen LogP contribution in [0.25, 0.3) is 21.6 Å². The number of halogens is 6. The summed E-state index contributed by atoms with van der Waals surface area (Å²) in [5.41, 5.74) is 3.58. The van der Waals surface area contributed by atoms with Crippen LogP contribution < -0.4 is 4.31 Å². The highest BCUT2D eigenvalue weighted by atomic mass is 32.2. The molecule has 1 fully saturated rings. The molecule has 0 saturated heterocycles. The number of nitrogens with zero attached hydrogens (tertiary/aromatic N) is 4. The number of thiophene rings is 1. The number of thiazole rings is 1. The second kappa shape index (κ2) is 16.2. The van der Waals surface area contributed by atoms with E-state index in [9.17, 15) is 34.8 Å². The Kier molecular flexibility index (Phi) is 12.5. The van der Waals surface area contributed by atoms with Gasteiger partial charge in [0.25, 0.3) is 10.0 Å². The van der Waals surface area contributed by atoms with Gasteiger partial charge >= 0.3 is 24.3 Å². The molecule has 0 aliphatic heterocycles. The van der Waals surface area contributed by atoms with Crippen LogP contribution in [0.5, 0.6) is 0 Å². The maximum atomic E-state index is 13.6. The molecular formula is C31H29F6N5O6S3. The Morgan fingerprint density at radius 1 is 0.961 bits per heavy atom. The lowest BCUT2D eigenvalue weighted by atomic mass is 10.2. The third-order valence-electron chi connectivity index (χ3n) is 6.93. The summed E-state index contributed by atoms with van der Waals surface area (Å²) in [6.45, 7) is 2.09. The Morgan fingerprint density at radius 3 is 2.18 bits per heavy atom. The third-order valence-corrected chi connectivity index (χ3v) is 11.1. The number of nitrogens with one attached hydrogen (secondary N) is 1. The third kappa shape index (κ3) is 11.0. The fraction of sp³-hybridized carbons (Fsp3) is 0.290. The largest absolute Gasteiger partial charge is 0.490 e. The molecule has 274 valence electrons. The van der Waals surface area contributed by atoms with E-state index in [1.54, 1.807) is 34.0 Å². The maximum absolute atomic E-state index is 13.6. The molecule has 0 radical (unpaired) electrons. The highest BCUT2D eigenvalue weighted by Gasteiger charge is 2.39. The van der Waals surface area contributed by atoms with E-state index in [1.807, 2.05) is 42.0 Å². The van der Waals surface area contributed by atoms with E-state index in [2.05, 4.69) is 39.0 Å². The fourth-order valence-corrected chi connectivity index (χ4v) is 8.09.